The molecular formula is C19H24N2O. The van der Waals surface area contributed by atoms with Crippen LogP contribution in [-0.4, -0.2) is 32.1 Å². The third-order valence-corrected chi connectivity index (χ3v) is 4.79. The third-order valence-electron chi connectivity index (χ3n) is 4.79. The van der Waals surface area contributed by atoms with Crippen LogP contribution in [0, 0.1) is 6.92 Å². The summed E-state index contributed by atoms with van der Waals surface area (Å²) in [5.41, 5.74) is 11.5. The number of methoxy groups -OCH3 is 1. The molecule has 1 heterocycles. The Kier molecular flexibility index (Phi) is 4.19. The molecule has 2 atom stereocenters. The van der Waals surface area contributed by atoms with E-state index in [4.69, 9.17) is 10.5 Å². The van der Waals surface area contributed by atoms with Crippen molar-refractivity contribution < 1.29 is 4.74 Å². The van der Waals surface area contributed by atoms with Gasteiger partial charge in [-0.1, -0.05) is 30.3 Å². The number of nitrogens with zero attached hydrogens (tertiary/aromatic N) is 1. The van der Waals surface area contributed by atoms with E-state index in [1.165, 1.54) is 22.3 Å². The topological polar surface area (TPSA) is 38.5 Å². The first-order chi connectivity index (χ1) is 10.7. The molecule has 2 aromatic carbocycles. The van der Waals surface area contributed by atoms with Gasteiger partial charge in [0.15, 0.2) is 0 Å². The molecule has 0 radical (unpaired) electrons. The number of aryl methyl sites for hydroxylation is 1. The quantitative estimate of drug-likeness (QED) is 0.946. The fourth-order valence-electron chi connectivity index (χ4n) is 3.65. The average molecular weight is 296 g/mol. The molecule has 0 aromatic heterocycles. The molecule has 2 N–H and O–H groups in total. The van der Waals surface area contributed by atoms with Gasteiger partial charge in [0.05, 0.1) is 7.11 Å². The van der Waals surface area contributed by atoms with Crippen LogP contribution in [0.2, 0.25) is 0 Å². The van der Waals surface area contributed by atoms with E-state index in [-0.39, 0.29) is 0 Å². The van der Waals surface area contributed by atoms with Crippen LogP contribution in [0.3, 0.4) is 0 Å². The minimum absolute atomic E-state index is 0.303. The number of hydrogen-bond acceptors (Lipinski definition) is 3. The Balaban J connectivity index is 2.13. The molecule has 0 amide bonds. The van der Waals surface area contributed by atoms with E-state index in [0.717, 1.165) is 12.3 Å². The maximum absolute atomic E-state index is 6.03. The second kappa shape index (κ2) is 6.11. The van der Waals surface area contributed by atoms with Crippen molar-refractivity contribution in [2.24, 2.45) is 5.73 Å². The molecule has 3 heteroatoms. The van der Waals surface area contributed by atoms with Gasteiger partial charge in [0.1, 0.15) is 5.75 Å². The standard InChI is InChI=1S/C19H24N2O/c1-13-6-4-9-16-18(11-20)21(2)12-17(19(13)16)14-7-5-8-15(10-14)22-3/h4-10,17-18H,11-12,20H2,1-3H3. The summed E-state index contributed by atoms with van der Waals surface area (Å²) in [7, 11) is 3.88. The lowest BCUT2D eigenvalue weighted by atomic mass is 9.79. The molecule has 22 heavy (non-hydrogen) atoms. The normalized spacial score (nSPS) is 21.5. The number of likely N-dealkylation sites (N-methyl/N-ethyl adjacent to an activating group) is 1. The monoisotopic (exact) mass is 296 g/mol. The van der Waals surface area contributed by atoms with Gasteiger partial charge in [-0.05, 0) is 48.4 Å². The Labute approximate surface area is 132 Å². The Morgan fingerprint density at radius 3 is 2.73 bits per heavy atom. The molecule has 3 nitrogen and oxygen atoms in total. The fraction of sp³-hybridized carbons (Fsp3) is 0.368. The minimum Gasteiger partial charge on any atom is -0.497 e. The van der Waals surface area contributed by atoms with Crippen LogP contribution in [0.1, 0.15) is 34.2 Å². The maximum Gasteiger partial charge on any atom is 0.119 e. The second-order valence-electron chi connectivity index (χ2n) is 6.10. The van der Waals surface area contributed by atoms with Crippen LogP contribution in [0.25, 0.3) is 0 Å². The first-order valence-corrected chi connectivity index (χ1v) is 7.79. The Hall–Kier alpha value is -1.84. The molecule has 0 saturated carbocycles. The first kappa shape index (κ1) is 15.1. The molecule has 3 rings (SSSR count). The van der Waals surface area contributed by atoms with Gasteiger partial charge in [0, 0.05) is 25.0 Å². The zero-order valence-electron chi connectivity index (χ0n) is 13.5. The minimum atomic E-state index is 0.303. The summed E-state index contributed by atoms with van der Waals surface area (Å²) in [6.45, 7) is 3.83. The summed E-state index contributed by atoms with van der Waals surface area (Å²) < 4.78 is 5.40. The first-order valence-electron chi connectivity index (χ1n) is 7.79. The summed E-state index contributed by atoms with van der Waals surface area (Å²) in [6.07, 6.45) is 0. The van der Waals surface area contributed by atoms with Crippen LogP contribution < -0.4 is 10.5 Å². The highest BCUT2D eigenvalue weighted by Crippen LogP contribution is 2.40. The van der Waals surface area contributed by atoms with E-state index in [0.29, 0.717) is 18.5 Å². The van der Waals surface area contributed by atoms with Crippen molar-refractivity contribution in [3.8, 4) is 5.75 Å². The van der Waals surface area contributed by atoms with Crippen molar-refractivity contribution in [3.05, 3.63) is 64.7 Å². The van der Waals surface area contributed by atoms with E-state index in [2.05, 4.69) is 55.3 Å². The summed E-state index contributed by atoms with van der Waals surface area (Å²) >= 11 is 0. The van der Waals surface area contributed by atoms with Crippen molar-refractivity contribution in [1.82, 2.24) is 4.90 Å². The number of nitrogens with two attached hydrogens (primary N) is 1. The van der Waals surface area contributed by atoms with E-state index >= 15 is 0 Å². The van der Waals surface area contributed by atoms with Crippen LogP contribution in [-0.2, 0) is 0 Å². The van der Waals surface area contributed by atoms with Crippen LogP contribution in [0.5, 0.6) is 5.75 Å². The predicted octanol–water partition coefficient (Wildman–Crippen LogP) is 3.08. The summed E-state index contributed by atoms with van der Waals surface area (Å²) in [5.74, 6) is 1.27. The molecule has 116 valence electrons. The highest BCUT2D eigenvalue weighted by atomic mass is 16.5. The molecule has 0 spiro atoms. The third kappa shape index (κ3) is 2.51. The molecule has 2 unspecified atom stereocenters. The Bertz CT molecular complexity index is 668. The molecule has 0 fully saturated rings. The van der Waals surface area contributed by atoms with Gasteiger partial charge < -0.3 is 10.5 Å². The van der Waals surface area contributed by atoms with Crippen LogP contribution in [0.15, 0.2) is 42.5 Å². The lowest BCUT2D eigenvalue weighted by Gasteiger charge is -2.39. The van der Waals surface area contributed by atoms with Gasteiger partial charge in [-0.15, -0.1) is 0 Å². The number of fused-ring (bicyclic) bond motifs is 1. The maximum atomic E-state index is 6.03. The lowest BCUT2D eigenvalue weighted by Crippen LogP contribution is -2.39. The second-order valence-corrected chi connectivity index (χ2v) is 6.10. The number of ether oxygens (including phenoxy) is 1. The van der Waals surface area contributed by atoms with E-state index in [1.807, 2.05) is 6.07 Å². The lowest BCUT2D eigenvalue weighted by molar-refractivity contribution is 0.223. The highest BCUT2D eigenvalue weighted by Gasteiger charge is 2.32. The van der Waals surface area contributed by atoms with Crippen molar-refractivity contribution >= 4 is 0 Å². The van der Waals surface area contributed by atoms with Crippen molar-refractivity contribution in [3.63, 3.8) is 0 Å². The fourth-order valence-corrected chi connectivity index (χ4v) is 3.65. The zero-order valence-corrected chi connectivity index (χ0v) is 13.5. The molecular weight excluding hydrogens is 272 g/mol. The van der Waals surface area contributed by atoms with Gasteiger partial charge >= 0.3 is 0 Å². The van der Waals surface area contributed by atoms with Gasteiger partial charge in [0.25, 0.3) is 0 Å². The van der Waals surface area contributed by atoms with Crippen LogP contribution >= 0.6 is 0 Å². The molecule has 1 aliphatic heterocycles. The van der Waals surface area contributed by atoms with Gasteiger partial charge in [-0.25, -0.2) is 0 Å². The average Bonchev–Trinajstić information content (AvgIpc) is 2.54. The van der Waals surface area contributed by atoms with Crippen LogP contribution in [0.4, 0.5) is 0 Å². The smallest absolute Gasteiger partial charge is 0.119 e. The van der Waals surface area contributed by atoms with Crippen molar-refractivity contribution in [1.29, 1.82) is 0 Å². The van der Waals surface area contributed by atoms with Gasteiger partial charge in [0.2, 0.25) is 0 Å². The van der Waals surface area contributed by atoms with Crippen molar-refractivity contribution in [2.75, 3.05) is 27.2 Å². The SMILES string of the molecule is COc1cccc(C2CN(C)C(CN)c3cccc(C)c32)c1. The molecule has 0 aliphatic carbocycles. The summed E-state index contributed by atoms with van der Waals surface area (Å²) in [4.78, 5) is 2.37. The number of rotatable bonds is 3. The summed E-state index contributed by atoms with van der Waals surface area (Å²) in [6, 6.07) is 15.3. The van der Waals surface area contributed by atoms with E-state index < -0.39 is 0 Å². The van der Waals surface area contributed by atoms with E-state index in [9.17, 15) is 0 Å². The zero-order chi connectivity index (χ0) is 15.7. The Morgan fingerprint density at radius 2 is 2.00 bits per heavy atom. The number of benzene rings is 2. The largest absolute Gasteiger partial charge is 0.497 e. The molecule has 0 bridgehead atoms. The summed E-state index contributed by atoms with van der Waals surface area (Å²) in [5, 5.41) is 0. The van der Waals surface area contributed by atoms with Crippen molar-refractivity contribution in [2.45, 2.75) is 18.9 Å². The Morgan fingerprint density at radius 1 is 1.23 bits per heavy atom. The van der Waals surface area contributed by atoms with Gasteiger partial charge in [-0.3, -0.25) is 4.90 Å². The molecule has 2 aromatic rings. The predicted molar refractivity (Wildman–Crippen MR) is 90.4 cm³/mol. The van der Waals surface area contributed by atoms with E-state index in [1.54, 1.807) is 7.11 Å². The highest BCUT2D eigenvalue weighted by molar-refractivity contribution is 5.47. The van der Waals surface area contributed by atoms with Gasteiger partial charge in [-0.2, -0.15) is 0 Å². The molecule has 1 aliphatic rings. The number of hydrogen-bond donors (Lipinski definition) is 1. The molecule has 0 saturated heterocycles.